The van der Waals surface area contributed by atoms with Crippen LogP contribution in [0.4, 0.5) is 0 Å². The van der Waals surface area contributed by atoms with Gasteiger partial charge in [-0.1, -0.05) is 31.5 Å². The van der Waals surface area contributed by atoms with Gasteiger partial charge in [0.25, 0.3) is 5.91 Å². The van der Waals surface area contributed by atoms with Gasteiger partial charge in [0.15, 0.2) is 0 Å². The molecule has 0 aromatic heterocycles. The van der Waals surface area contributed by atoms with Crippen LogP contribution in [0.1, 0.15) is 42.6 Å². The van der Waals surface area contributed by atoms with E-state index in [0.717, 1.165) is 24.9 Å². The zero-order valence-electron chi connectivity index (χ0n) is 14.2. The molecule has 5 nitrogen and oxygen atoms in total. The van der Waals surface area contributed by atoms with Crippen LogP contribution in [-0.2, 0) is 4.79 Å². The average Bonchev–Trinajstić information content (AvgIpc) is 2.51. The van der Waals surface area contributed by atoms with Gasteiger partial charge in [0.05, 0.1) is 6.04 Å². The van der Waals surface area contributed by atoms with E-state index in [9.17, 15) is 9.59 Å². The zero-order valence-corrected chi connectivity index (χ0v) is 14.2. The number of carbonyl (C=O) groups excluding carboxylic acids is 2. The van der Waals surface area contributed by atoms with Crippen LogP contribution < -0.4 is 16.0 Å². The number of benzene rings is 1. The number of nitrogens with one attached hydrogen (secondary N) is 3. The first-order valence-corrected chi connectivity index (χ1v) is 8.26. The molecule has 2 rings (SSSR count). The first kappa shape index (κ1) is 17.5. The SMILES string of the molecule is Cc1ccc(C(=O)NCCNC(=O)C2NCCCC2(C)C)cc1. The highest BCUT2D eigenvalue weighted by Gasteiger charge is 2.36. The third kappa shape index (κ3) is 4.79. The summed E-state index contributed by atoms with van der Waals surface area (Å²) >= 11 is 0. The van der Waals surface area contributed by atoms with E-state index in [0.29, 0.717) is 18.7 Å². The van der Waals surface area contributed by atoms with E-state index >= 15 is 0 Å². The third-order valence-electron chi connectivity index (χ3n) is 4.41. The van der Waals surface area contributed by atoms with Gasteiger partial charge in [-0.15, -0.1) is 0 Å². The molecule has 1 aliphatic heterocycles. The van der Waals surface area contributed by atoms with E-state index in [4.69, 9.17) is 0 Å². The minimum Gasteiger partial charge on any atom is -0.353 e. The minimum absolute atomic E-state index is 0.0132. The summed E-state index contributed by atoms with van der Waals surface area (Å²) in [5.41, 5.74) is 1.72. The van der Waals surface area contributed by atoms with Crippen molar-refractivity contribution in [3.8, 4) is 0 Å². The molecule has 23 heavy (non-hydrogen) atoms. The largest absolute Gasteiger partial charge is 0.353 e. The van der Waals surface area contributed by atoms with E-state index in [-0.39, 0.29) is 23.3 Å². The van der Waals surface area contributed by atoms with E-state index in [1.54, 1.807) is 12.1 Å². The summed E-state index contributed by atoms with van der Waals surface area (Å²) < 4.78 is 0. The van der Waals surface area contributed by atoms with Crippen LogP contribution in [0.25, 0.3) is 0 Å². The van der Waals surface area contributed by atoms with E-state index in [2.05, 4.69) is 29.8 Å². The number of amides is 2. The maximum atomic E-state index is 12.3. The van der Waals surface area contributed by atoms with Crippen LogP contribution in [0.2, 0.25) is 0 Å². The van der Waals surface area contributed by atoms with Crippen molar-refractivity contribution in [3.63, 3.8) is 0 Å². The molecule has 2 amide bonds. The van der Waals surface area contributed by atoms with Crippen LogP contribution in [0.15, 0.2) is 24.3 Å². The molecule has 1 aromatic carbocycles. The number of hydrogen-bond acceptors (Lipinski definition) is 3. The molecular formula is C18H27N3O2. The summed E-state index contributed by atoms with van der Waals surface area (Å²) in [5, 5.41) is 9.02. The second kappa shape index (κ2) is 7.59. The normalized spacial score (nSPS) is 19.9. The molecule has 1 fully saturated rings. The van der Waals surface area contributed by atoms with Crippen LogP contribution in [0.3, 0.4) is 0 Å². The number of rotatable bonds is 5. The Bertz CT molecular complexity index is 552. The van der Waals surface area contributed by atoms with E-state index in [1.807, 2.05) is 19.1 Å². The molecule has 0 saturated carbocycles. The molecule has 0 bridgehead atoms. The smallest absolute Gasteiger partial charge is 0.251 e. The Morgan fingerprint density at radius 1 is 1.17 bits per heavy atom. The highest BCUT2D eigenvalue weighted by molar-refractivity contribution is 5.94. The quantitative estimate of drug-likeness (QED) is 0.723. The molecule has 1 saturated heterocycles. The average molecular weight is 317 g/mol. The molecule has 1 heterocycles. The fraction of sp³-hybridized carbons (Fsp3) is 0.556. The molecule has 5 heteroatoms. The van der Waals surface area contributed by atoms with Crippen molar-refractivity contribution in [1.82, 2.24) is 16.0 Å². The second-order valence-corrected chi connectivity index (χ2v) is 6.89. The number of hydrogen-bond donors (Lipinski definition) is 3. The summed E-state index contributed by atoms with van der Waals surface area (Å²) in [6.45, 7) is 7.95. The lowest BCUT2D eigenvalue weighted by molar-refractivity contribution is -0.126. The van der Waals surface area contributed by atoms with Crippen molar-refractivity contribution in [1.29, 1.82) is 0 Å². The van der Waals surface area contributed by atoms with Crippen LogP contribution in [-0.4, -0.2) is 37.5 Å². The second-order valence-electron chi connectivity index (χ2n) is 6.89. The standard InChI is InChI=1S/C18H27N3O2/c1-13-5-7-14(8-6-13)16(22)20-11-12-21-17(23)15-18(2,3)9-4-10-19-15/h5-8,15,19H,4,9-12H2,1-3H3,(H,20,22)(H,21,23). The van der Waals surface area contributed by atoms with Gasteiger partial charge in [-0.25, -0.2) is 0 Å². The van der Waals surface area contributed by atoms with Crippen molar-refractivity contribution in [3.05, 3.63) is 35.4 Å². The highest BCUT2D eigenvalue weighted by Crippen LogP contribution is 2.29. The van der Waals surface area contributed by atoms with Crippen molar-refractivity contribution in [2.45, 2.75) is 39.7 Å². The first-order valence-electron chi connectivity index (χ1n) is 8.26. The van der Waals surface area contributed by atoms with Gasteiger partial charge in [-0.2, -0.15) is 0 Å². The summed E-state index contributed by atoms with van der Waals surface area (Å²) in [4.78, 5) is 24.2. The van der Waals surface area contributed by atoms with E-state index in [1.165, 1.54) is 0 Å². The van der Waals surface area contributed by atoms with Gasteiger partial charge >= 0.3 is 0 Å². The molecule has 0 radical (unpaired) electrons. The van der Waals surface area contributed by atoms with Gasteiger partial charge in [0, 0.05) is 18.7 Å². The van der Waals surface area contributed by atoms with Crippen molar-refractivity contribution >= 4 is 11.8 Å². The van der Waals surface area contributed by atoms with Crippen LogP contribution >= 0.6 is 0 Å². The molecule has 1 aromatic rings. The van der Waals surface area contributed by atoms with Crippen molar-refractivity contribution < 1.29 is 9.59 Å². The van der Waals surface area contributed by atoms with Crippen LogP contribution in [0, 0.1) is 12.3 Å². The Morgan fingerprint density at radius 2 is 1.83 bits per heavy atom. The van der Waals surface area contributed by atoms with Crippen molar-refractivity contribution in [2.75, 3.05) is 19.6 Å². The Labute approximate surface area is 138 Å². The van der Waals surface area contributed by atoms with Gasteiger partial charge in [-0.05, 0) is 43.9 Å². The fourth-order valence-electron chi connectivity index (χ4n) is 2.93. The summed E-state index contributed by atoms with van der Waals surface area (Å²) in [5.74, 6) is -0.102. The Kier molecular flexibility index (Phi) is 5.77. The number of carbonyl (C=O) groups is 2. The zero-order chi connectivity index (χ0) is 16.9. The summed E-state index contributed by atoms with van der Waals surface area (Å²) in [6.07, 6.45) is 2.14. The highest BCUT2D eigenvalue weighted by atomic mass is 16.2. The molecular weight excluding hydrogens is 290 g/mol. The predicted molar refractivity (Wildman–Crippen MR) is 91.3 cm³/mol. The summed E-state index contributed by atoms with van der Waals surface area (Å²) in [7, 11) is 0. The Balaban J connectivity index is 1.73. The first-order chi connectivity index (χ1) is 10.9. The predicted octanol–water partition coefficient (Wildman–Crippen LogP) is 1.62. The fourth-order valence-corrected chi connectivity index (χ4v) is 2.93. The number of aryl methyl sites for hydroxylation is 1. The lowest BCUT2D eigenvalue weighted by atomic mass is 9.77. The summed E-state index contributed by atoms with van der Waals surface area (Å²) in [6, 6.07) is 7.26. The molecule has 1 atom stereocenters. The Hall–Kier alpha value is -1.88. The van der Waals surface area contributed by atoms with E-state index < -0.39 is 0 Å². The third-order valence-corrected chi connectivity index (χ3v) is 4.41. The lowest BCUT2D eigenvalue weighted by Gasteiger charge is -2.38. The lowest BCUT2D eigenvalue weighted by Crippen LogP contribution is -2.56. The Morgan fingerprint density at radius 3 is 2.48 bits per heavy atom. The monoisotopic (exact) mass is 317 g/mol. The van der Waals surface area contributed by atoms with Crippen molar-refractivity contribution in [2.24, 2.45) is 5.41 Å². The molecule has 0 aliphatic carbocycles. The van der Waals surface area contributed by atoms with Gasteiger partial charge in [-0.3, -0.25) is 9.59 Å². The number of piperidine rings is 1. The van der Waals surface area contributed by atoms with Gasteiger partial charge < -0.3 is 16.0 Å². The van der Waals surface area contributed by atoms with Gasteiger partial charge in [0.1, 0.15) is 0 Å². The molecule has 1 unspecified atom stereocenters. The minimum atomic E-state index is -0.163. The topological polar surface area (TPSA) is 70.2 Å². The molecule has 126 valence electrons. The molecule has 3 N–H and O–H groups in total. The molecule has 0 spiro atoms. The van der Waals surface area contributed by atoms with Crippen LogP contribution in [0.5, 0.6) is 0 Å². The maximum absolute atomic E-state index is 12.3. The van der Waals surface area contributed by atoms with Gasteiger partial charge in [0.2, 0.25) is 5.91 Å². The molecule has 1 aliphatic rings. The maximum Gasteiger partial charge on any atom is 0.251 e.